The number of aliphatic imine (C=N–C) groups is 1. The molecule has 0 unspecified atom stereocenters. The summed E-state index contributed by atoms with van der Waals surface area (Å²) >= 11 is 0. The summed E-state index contributed by atoms with van der Waals surface area (Å²) in [5, 5.41) is 19.9. The highest BCUT2D eigenvalue weighted by Gasteiger charge is 2.15. The van der Waals surface area contributed by atoms with Crippen LogP contribution in [0.2, 0.25) is 0 Å². The summed E-state index contributed by atoms with van der Waals surface area (Å²) in [4.78, 5) is 4.73. The maximum Gasteiger partial charge on any atom is 0.191 e. The van der Waals surface area contributed by atoms with Crippen molar-refractivity contribution in [2.45, 2.75) is 66.1 Å². The van der Waals surface area contributed by atoms with Gasteiger partial charge in [-0.3, -0.25) is 4.68 Å². The van der Waals surface area contributed by atoms with Gasteiger partial charge in [0, 0.05) is 37.8 Å². The van der Waals surface area contributed by atoms with Crippen LogP contribution in [-0.2, 0) is 33.1 Å². The molecule has 3 heterocycles. The first-order chi connectivity index (χ1) is 12.6. The lowest BCUT2D eigenvalue weighted by Gasteiger charge is -2.12. The van der Waals surface area contributed by atoms with E-state index in [9.17, 15) is 0 Å². The van der Waals surface area contributed by atoms with Crippen LogP contribution in [0, 0.1) is 13.8 Å². The number of nitrogens with zero attached hydrogens (tertiary/aromatic N) is 6. The molecule has 0 bridgehead atoms. The number of hydrogen-bond acceptors (Lipinski definition) is 4. The maximum atomic E-state index is 4.73. The van der Waals surface area contributed by atoms with Crippen LogP contribution < -0.4 is 10.6 Å². The Hall–Kier alpha value is -2.38. The van der Waals surface area contributed by atoms with Crippen molar-refractivity contribution in [3.05, 3.63) is 28.6 Å². The Morgan fingerprint density at radius 2 is 2.00 bits per heavy atom. The lowest BCUT2D eigenvalue weighted by molar-refractivity contribution is 0.596. The van der Waals surface area contributed by atoms with Gasteiger partial charge in [0.2, 0.25) is 0 Å². The molecular formula is C18H30N8. The SMILES string of the molecule is CCNC(=NCc1c(C)nn(C)c1C)NCc1nnc2n1CCCCC2. The number of rotatable bonds is 5. The molecule has 2 N–H and O–H groups in total. The normalized spacial score (nSPS) is 14.8. The molecule has 0 saturated heterocycles. The Balaban J connectivity index is 1.68. The van der Waals surface area contributed by atoms with E-state index in [1.165, 1.54) is 24.8 Å². The Morgan fingerprint density at radius 1 is 1.15 bits per heavy atom. The zero-order chi connectivity index (χ0) is 18.5. The van der Waals surface area contributed by atoms with Gasteiger partial charge in [0.25, 0.3) is 0 Å². The van der Waals surface area contributed by atoms with Crippen LogP contribution in [0.4, 0.5) is 0 Å². The largest absolute Gasteiger partial charge is 0.357 e. The van der Waals surface area contributed by atoms with Crippen LogP contribution in [0.3, 0.4) is 0 Å². The second-order valence-corrected chi connectivity index (χ2v) is 6.82. The zero-order valence-electron chi connectivity index (χ0n) is 16.3. The minimum Gasteiger partial charge on any atom is -0.357 e. The maximum absolute atomic E-state index is 4.73. The molecular weight excluding hydrogens is 328 g/mol. The van der Waals surface area contributed by atoms with Crippen molar-refractivity contribution < 1.29 is 0 Å². The molecule has 0 saturated carbocycles. The molecule has 2 aromatic heterocycles. The fourth-order valence-corrected chi connectivity index (χ4v) is 3.38. The van der Waals surface area contributed by atoms with Gasteiger partial charge in [-0.1, -0.05) is 6.42 Å². The number of hydrogen-bond donors (Lipinski definition) is 2. The number of aromatic nitrogens is 5. The smallest absolute Gasteiger partial charge is 0.191 e. The van der Waals surface area contributed by atoms with Gasteiger partial charge < -0.3 is 15.2 Å². The standard InChI is InChI=1S/C18H30N8/c1-5-19-18(20-11-15-13(2)24-25(4)14(15)3)21-12-17-23-22-16-9-7-6-8-10-26(16)17/h5-12H2,1-4H3,(H2,19,20,21). The second-order valence-electron chi connectivity index (χ2n) is 6.82. The Bertz CT molecular complexity index is 770. The van der Waals surface area contributed by atoms with E-state index in [0.29, 0.717) is 13.1 Å². The van der Waals surface area contributed by atoms with E-state index in [2.05, 4.69) is 44.3 Å². The van der Waals surface area contributed by atoms with E-state index < -0.39 is 0 Å². The van der Waals surface area contributed by atoms with E-state index in [0.717, 1.165) is 48.5 Å². The first kappa shape index (κ1) is 18.4. The fraction of sp³-hybridized carbons (Fsp3) is 0.667. The number of nitrogens with one attached hydrogen (secondary N) is 2. The average Bonchev–Trinajstić information content (AvgIpc) is 2.99. The van der Waals surface area contributed by atoms with Crippen molar-refractivity contribution >= 4 is 5.96 Å². The highest BCUT2D eigenvalue weighted by molar-refractivity contribution is 5.79. The summed E-state index contributed by atoms with van der Waals surface area (Å²) in [6, 6.07) is 0. The van der Waals surface area contributed by atoms with Gasteiger partial charge in [-0.15, -0.1) is 10.2 Å². The molecule has 142 valence electrons. The van der Waals surface area contributed by atoms with Crippen molar-refractivity contribution in [2.75, 3.05) is 6.54 Å². The van der Waals surface area contributed by atoms with Gasteiger partial charge in [0.1, 0.15) is 5.82 Å². The van der Waals surface area contributed by atoms with Gasteiger partial charge in [0.05, 0.1) is 18.8 Å². The number of guanidine groups is 1. The van der Waals surface area contributed by atoms with E-state index >= 15 is 0 Å². The molecule has 1 aliphatic heterocycles. The molecule has 1 aliphatic rings. The minimum atomic E-state index is 0.610. The van der Waals surface area contributed by atoms with Crippen LogP contribution in [0.5, 0.6) is 0 Å². The van der Waals surface area contributed by atoms with Crippen LogP contribution >= 0.6 is 0 Å². The molecule has 0 spiro atoms. The second kappa shape index (κ2) is 8.33. The molecule has 0 fully saturated rings. The van der Waals surface area contributed by atoms with Crippen molar-refractivity contribution in [3.63, 3.8) is 0 Å². The molecule has 3 rings (SSSR count). The molecule has 8 heteroatoms. The monoisotopic (exact) mass is 358 g/mol. The Kier molecular flexibility index (Phi) is 5.90. The van der Waals surface area contributed by atoms with Gasteiger partial charge in [-0.2, -0.15) is 5.10 Å². The summed E-state index contributed by atoms with van der Waals surface area (Å²) in [5.41, 5.74) is 3.37. The number of aryl methyl sites for hydroxylation is 3. The highest BCUT2D eigenvalue weighted by atomic mass is 15.3. The van der Waals surface area contributed by atoms with Crippen molar-refractivity contribution in [3.8, 4) is 0 Å². The molecule has 0 aliphatic carbocycles. The zero-order valence-corrected chi connectivity index (χ0v) is 16.3. The Morgan fingerprint density at radius 3 is 2.73 bits per heavy atom. The minimum absolute atomic E-state index is 0.610. The quantitative estimate of drug-likeness (QED) is 0.627. The molecule has 26 heavy (non-hydrogen) atoms. The van der Waals surface area contributed by atoms with E-state index in [4.69, 9.17) is 4.99 Å². The van der Waals surface area contributed by atoms with Gasteiger partial charge >= 0.3 is 0 Å². The van der Waals surface area contributed by atoms with Gasteiger partial charge in [0.15, 0.2) is 11.8 Å². The van der Waals surface area contributed by atoms with E-state index in [1.54, 1.807) is 0 Å². The van der Waals surface area contributed by atoms with E-state index in [1.807, 2.05) is 18.7 Å². The van der Waals surface area contributed by atoms with Crippen molar-refractivity contribution in [2.24, 2.45) is 12.0 Å². The highest BCUT2D eigenvalue weighted by Crippen LogP contribution is 2.15. The molecule has 0 aromatic carbocycles. The third-order valence-electron chi connectivity index (χ3n) is 5.00. The molecule has 2 aromatic rings. The average molecular weight is 358 g/mol. The third kappa shape index (κ3) is 4.05. The summed E-state index contributed by atoms with van der Waals surface area (Å²) in [7, 11) is 1.97. The van der Waals surface area contributed by atoms with Crippen molar-refractivity contribution in [1.29, 1.82) is 0 Å². The molecule has 0 radical (unpaired) electrons. The van der Waals surface area contributed by atoms with Crippen LogP contribution in [0.15, 0.2) is 4.99 Å². The van der Waals surface area contributed by atoms with Crippen LogP contribution in [0.25, 0.3) is 0 Å². The first-order valence-corrected chi connectivity index (χ1v) is 9.52. The predicted molar refractivity (Wildman–Crippen MR) is 102 cm³/mol. The van der Waals surface area contributed by atoms with Crippen LogP contribution in [0.1, 0.15) is 54.8 Å². The predicted octanol–water partition coefficient (Wildman–Crippen LogP) is 1.61. The third-order valence-corrected chi connectivity index (χ3v) is 5.00. The molecule has 8 nitrogen and oxygen atoms in total. The lowest BCUT2D eigenvalue weighted by Crippen LogP contribution is -2.37. The fourth-order valence-electron chi connectivity index (χ4n) is 3.38. The summed E-state index contributed by atoms with van der Waals surface area (Å²) < 4.78 is 4.17. The van der Waals surface area contributed by atoms with Gasteiger partial charge in [-0.25, -0.2) is 4.99 Å². The topological polar surface area (TPSA) is 84.9 Å². The van der Waals surface area contributed by atoms with Gasteiger partial charge in [-0.05, 0) is 33.6 Å². The molecule has 0 atom stereocenters. The summed E-state index contributed by atoms with van der Waals surface area (Å²) in [6.07, 6.45) is 4.70. The Labute approximate surface area is 155 Å². The number of fused-ring (bicyclic) bond motifs is 1. The summed E-state index contributed by atoms with van der Waals surface area (Å²) in [6.45, 7) is 9.25. The summed E-state index contributed by atoms with van der Waals surface area (Å²) in [5.74, 6) is 2.89. The van der Waals surface area contributed by atoms with E-state index in [-0.39, 0.29) is 0 Å². The first-order valence-electron chi connectivity index (χ1n) is 9.52. The van der Waals surface area contributed by atoms with Crippen LogP contribution in [-0.4, -0.2) is 37.0 Å². The lowest BCUT2D eigenvalue weighted by atomic mass is 10.2. The molecule has 0 amide bonds. The van der Waals surface area contributed by atoms with Crippen molar-refractivity contribution in [1.82, 2.24) is 35.2 Å².